The summed E-state index contributed by atoms with van der Waals surface area (Å²) in [5.41, 5.74) is 8.67. The average Bonchev–Trinajstić information content (AvgIpc) is 2.83. The van der Waals surface area contributed by atoms with Gasteiger partial charge >= 0.3 is 0 Å². The van der Waals surface area contributed by atoms with Gasteiger partial charge in [0.05, 0.1) is 0 Å². The number of nitrogens with one attached hydrogen (secondary N) is 1. The van der Waals surface area contributed by atoms with Crippen molar-refractivity contribution in [1.82, 2.24) is 4.98 Å². The first kappa shape index (κ1) is 8.98. The zero-order chi connectivity index (χ0) is 10.3. The minimum Gasteiger partial charge on any atom is -0.361 e. The van der Waals surface area contributed by atoms with E-state index in [1.807, 2.05) is 0 Å². The van der Waals surface area contributed by atoms with Gasteiger partial charge in [0.25, 0.3) is 0 Å². The molecule has 0 spiro atoms. The molecule has 1 aliphatic carbocycles. The third kappa shape index (κ3) is 1.45. The molecule has 0 unspecified atom stereocenters. The Kier molecular flexibility index (Phi) is 2.03. The molecular formula is C13H16N2. The summed E-state index contributed by atoms with van der Waals surface area (Å²) in [6, 6.07) is 8.92. The first-order valence-corrected chi connectivity index (χ1v) is 5.66. The molecule has 1 heterocycles. The summed E-state index contributed by atoms with van der Waals surface area (Å²) in [4.78, 5) is 3.34. The summed E-state index contributed by atoms with van der Waals surface area (Å²) in [6.45, 7) is 0. The highest BCUT2D eigenvalue weighted by Gasteiger charge is 2.24. The first-order valence-electron chi connectivity index (χ1n) is 5.66. The largest absolute Gasteiger partial charge is 0.361 e. The molecule has 78 valence electrons. The van der Waals surface area contributed by atoms with E-state index in [1.54, 1.807) is 0 Å². The molecule has 3 rings (SSSR count). The Labute approximate surface area is 89.5 Å². The first-order chi connectivity index (χ1) is 7.34. The smallest absolute Gasteiger partial charge is 0.0456 e. The predicted octanol–water partition coefficient (Wildman–Crippen LogP) is 2.76. The monoisotopic (exact) mass is 200 g/mol. The van der Waals surface area contributed by atoms with Gasteiger partial charge < -0.3 is 10.7 Å². The van der Waals surface area contributed by atoms with Gasteiger partial charge in [0.15, 0.2) is 0 Å². The normalized spacial score (nSPS) is 26.2. The highest BCUT2D eigenvalue weighted by Crippen LogP contribution is 2.36. The highest BCUT2D eigenvalue weighted by atomic mass is 14.7. The molecule has 1 saturated carbocycles. The fraction of sp³-hybridized carbons (Fsp3) is 0.385. The number of benzene rings is 1. The lowest BCUT2D eigenvalue weighted by molar-refractivity contribution is 0.677. The zero-order valence-electron chi connectivity index (χ0n) is 8.74. The number of H-pyrrole nitrogens is 1. The van der Waals surface area contributed by atoms with Gasteiger partial charge in [0.1, 0.15) is 0 Å². The zero-order valence-corrected chi connectivity index (χ0v) is 8.74. The third-order valence-corrected chi connectivity index (χ3v) is 3.53. The maximum absolute atomic E-state index is 5.97. The van der Waals surface area contributed by atoms with Gasteiger partial charge in [-0.15, -0.1) is 0 Å². The molecule has 0 saturated heterocycles. The Hall–Kier alpha value is -1.28. The average molecular weight is 200 g/mol. The van der Waals surface area contributed by atoms with Crippen LogP contribution >= 0.6 is 0 Å². The van der Waals surface area contributed by atoms with E-state index < -0.39 is 0 Å². The summed E-state index contributed by atoms with van der Waals surface area (Å²) in [6.07, 6.45) is 5.71. The summed E-state index contributed by atoms with van der Waals surface area (Å²) >= 11 is 0. The van der Waals surface area contributed by atoms with Crippen molar-refractivity contribution in [3.63, 3.8) is 0 Å². The lowest BCUT2D eigenvalue weighted by atomic mass is 9.97. The molecule has 1 aromatic heterocycles. The van der Waals surface area contributed by atoms with Crippen LogP contribution in [0.4, 0.5) is 0 Å². The number of fused-ring (bicyclic) bond motifs is 1. The number of para-hydroxylation sites is 1. The molecule has 3 N–H and O–H groups in total. The van der Waals surface area contributed by atoms with Gasteiger partial charge in [-0.25, -0.2) is 0 Å². The van der Waals surface area contributed by atoms with Gasteiger partial charge in [-0.05, 0) is 36.8 Å². The quantitative estimate of drug-likeness (QED) is 0.730. The van der Waals surface area contributed by atoms with Crippen molar-refractivity contribution in [2.24, 2.45) is 5.73 Å². The number of hydrogen-bond donors (Lipinski definition) is 2. The van der Waals surface area contributed by atoms with Crippen molar-refractivity contribution >= 4 is 10.9 Å². The Bertz CT molecular complexity index is 472. The highest BCUT2D eigenvalue weighted by molar-refractivity contribution is 5.83. The van der Waals surface area contributed by atoms with E-state index >= 15 is 0 Å². The van der Waals surface area contributed by atoms with Crippen molar-refractivity contribution in [1.29, 1.82) is 0 Å². The van der Waals surface area contributed by atoms with Crippen molar-refractivity contribution in [2.45, 2.75) is 31.2 Å². The van der Waals surface area contributed by atoms with Crippen LogP contribution in [-0.2, 0) is 0 Å². The molecule has 2 nitrogen and oxygen atoms in total. The Morgan fingerprint density at radius 3 is 2.87 bits per heavy atom. The minimum atomic E-state index is 0.406. The van der Waals surface area contributed by atoms with Crippen LogP contribution in [0.15, 0.2) is 30.5 Å². The molecule has 2 atom stereocenters. The molecule has 15 heavy (non-hydrogen) atoms. The third-order valence-electron chi connectivity index (χ3n) is 3.53. The van der Waals surface area contributed by atoms with Gasteiger partial charge in [-0.1, -0.05) is 18.2 Å². The Morgan fingerprint density at radius 1 is 1.20 bits per heavy atom. The SMILES string of the molecule is N[C@H]1CC[C@@H](c2c[nH]c3ccccc23)C1. The minimum absolute atomic E-state index is 0.406. The number of aromatic nitrogens is 1. The topological polar surface area (TPSA) is 41.8 Å². The van der Waals surface area contributed by atoms with Crippen LogP contribution in [0, 0.1) is 0 Å². The Balaban J connectivity index is 2.04. The predicted molar refractivity (Wildman–Crippen MR) is 62.9 cm³/mol. The summed E-state index contributed by atoms with van der Waals surface area (Å²) in [7, 11) is 0. The molecule has 0 bridgehead atoms. The van der Waals surface area contributed by atoms with E-state index in [-0.39, 0.29) is 0 Å². The molecule has 1 fully saturated rings. The van der Waals surface area contributed by atoms with Crippen LogP contribution in [0.1, 0.15) is 30.7 Å². The van der Waals surface area contributed by atoms with Crippen LogP contribution in [-0.4, -0.2) is 11.0 Å². The van der Waals surface area contributed by atoms with Gasteiger partial charge in [-0.2, -0.15) is 0 Å². The van der Waals surface area contributed by atoms with Gasteiger partial charge in [-0.3, -0.25) is 0 Å². The van der Waals surface area contributed by atoms with Crippen LogP contribution in [0.2, 0.25) is 0 Å². The maximum Gasteiger partial charge on any atom is 0.0456 e. The van der Waals surface area contributed by atoms with Crippen LogP contribution in [0.5, 0.6) is 0 Å². The molecule has 1 aromatic carbocycles. The maximum atomic E-state index is 5.97. The van der Waals surface area contributed by atoms with Crippen LogP contribution in [0.25, 0.3) is 10.9 Å². The molecule has 2 aromatic rings. The van der Waals surface area contributed by atoms with E-state index in [9.17, 15) is 0 Å². The molecule has 0 amide bonds. The number of hydrogen-bond acceptors (Lipinski definition) is 1. The van der Waals surface area contributed by atoms with Crippen LogP contribution < -0.4 is 5.73 Å². The lowest BCUT2D eigenvalue weighted by Gasteiger charge is -2.07. The Morgan fingerprint density at radius 2 is 2.07 bits per heavy atom. The van der Waals surface area contributed by atoms with Crippen LogP contribution in [0.3, 0.4) is 0 Å². The van der Waals surface area contributed by atoms with Crippen molar-refractivity contribution in [3.05, 3.63) is 36.0 Å². The van der Waals surface area contributed by atoms with E-state index in [1.165, 1.54) is 29.3 Å². The second kappa shape index (κ2) is 3.38. The molecule has 0 radical (unpaired) electrons. The molecule has 1 aliphatic rings. The van der Waals surface area contributed by atoms with E-state index in [0.717, 1.165) is 6.42 Å². The van der Waals surface area contributed by atoms with E-state index in [0.29, 0.717) is 12.0 Å². The molecule has 0 aliphatic heterocycles. The van der Waals surface area contributed by atoms with Gasteiger partial charge in [0, 0.05) is 23.1 Å². The summed E-state index contributed by atoms with van der Waals surface area (Å²) in [5.74, 6) is 0.663. The standard InChI is InChI=1S/C13H16N2/c14-10-6-5-9(7-10)12-8-15-13-4-2-1-3-11(12)13/h1-4,8-10,15H,5-7,14H2/t9-,10+/m1/s1. The number of aromatic amines is 1. The van der Waals surface area contributed by atoms with Crippen molar-refractivity contribution in [2.75, 3.05) is 0 Å². The second-order valence-electron chi connectivity index (χ2n) is 4.56. The second-order valence-corrected chi connectivity index (χ2v) is 4.56. The van der Waals surface area contributed by atoms with Crippen molar-refractivity contribution < 1.29 is 0 Å². The molecular weight excluding hydrogens is 184 g/mol. The number of rotatable bonds is 1. The molecule has 2 heteroatoms. The van der Waals surface area contributed by atoms with E-state index in [2.05, 4.69) is 35.4 Å². The fourth-order valence-corrected chi connectivity index (χ4v) is 2.73. The van der Waals surface area contributed by atoms with Crippen molar-refractivity contribution in [3.8, 4) is 0 Å². The lowest BCUT2D eigenvalue weighted by Crippen LogP contribution is -2.14. The summed E-state index contributed by atoms with van der Waals surface area (Å²) < 4.78 is 0. The fourth-order valence-electron chi connectivity index (χ4n) is 2.73. The summed E-state index contributed by atoms with van der Waals surface area (Å²) in [5, 5.41) is 1.37. The number of nitrogens with two attached hydrogens (primary N) is 1. The van der Waals surface area contributed by atoms with E-state index in [4.69, 9.17) is 5.73 Å². The van der Waals surface area contributed by atoms with Gasteiger partial charge in [0.2, 0.25) is 0 Å².